The number of alkyl carbamates (subject to hydrolysis) is 1. The number of rotatable bonds is 9. The van der Waals surface area contributed by atoms with Gasteiger partial charge in [0.2, 0.25) is 5.91 Å². The van der Waals surface area contributed by atoms with Crippen molar-refractivity contribution in [3.8, 4) is 5.75 Å². The zero-order chi connectivity index (χ0) is 27.9. The summed E-state index contributed by atoms with van der Waals surface area (Å²) in [7, 11) is 0. The van der Waals surface area contributed by atoms with Crippen LogP contribution in [0.2, 0.25) is 0 Å². The van der Waals surface area contributed by atoms with Gasteiger partial charge >= 0.3 is 6.09 Å². The monoisotopic (exact) mass is 537 g/mol. The molecule has 3 aliphatic rings. The maximum absolute atomic E-state index is 13.7. The van der Waals surface area contributed by atoms with E-state index in [2.05, 4.69) is 21.0 Å². The summed E-state index contributed by atoms with van der Waals surface area (Å²) in [5.74, 6) is 1.08. The van der Waals surface area contributed by atoms with Gasteiger partial charge in [0.05, 0.1) is 6.04 Å². The molecule has 1 aromatic heterocycles. The van der Waals surface area contributed by atoms with Crippen LogP contribution in [-0.4, -0.2) is 45.9 Å². The van der Waals surface area contributed by atoms with Crippen molar-refractivity contribution in [2.45, 2.75) is 84.0 Å². The molecule has 39 heavy (non-hydrogen) atoms. The van der Waals surface area contributed by atoms with Gasteiger partial charge < -0.3 is 25.4 Å². The molecule has 2 saturated carbocycles. The Hall–Kier alpha value is -3.56. The molecule has 1 aromatic carbocycles. The van der Waals surface area contributed by atoms with Crippen molar-refractivity contribution in [1.82, 2.24) is 20.4 Å². The largest absolute Gasteiger partial charge is 0.491 e. The van der Waals surface area contributed by atoms with Crippen LogP contribution in [-0.2, 0) is 9.53 Å². The van der Waals surface area contributed by atoms with E-state index in [0.29, 0.717) is 29.0 Å². The van der Waals surface area contributed by atoms with E-state index in [9.17, 15) is 14.4 Å². The molecule has 2 atom stereocenters. The Morgan fingerprint density at radius 3 is 2.38 bits per heavy atom. The van der Waals surface area contributed by atoms with Crippen LogP contribution in [0, 0.1) is 17.8 Å². The van der Waals surface area contributed by atoms with E-state index < -0.39 is 17.7 Å². The summed E-state index contributed by atoms with van der Waals surface area (Å²) in [6, 6.07) is 6.12. The van der Waals surface area contributed by atoms with Gasteiger partial charge in [-0.1, -0.05) is 6.07 Å². The number of nitrogens with zero attached hydrogens (tertiary/aromatic N) is 2. The average Bonchev–Trinajstić information content (AvgIpc) is 3.78. The van der Waals surface area contributed by atoms with E-state index in [1.165, 1.54) is 0 Å². The number of ether oxygens (including phenoxy) is 2. The number of anilines is 1. The highest BCUT2D eigenvalue weighted by atomic mass is 16.6. The standard InChI is InChI=1S/C29H39N5O5/c1-16(2)34-22(12-13-30-34)26(35)33-25(24(17-6-7-17)18-8-9-18)27(36)31-19-10-11-20-21(15-38-23(20)14-19)32-28(37)39-29(3,4)5/h10-14,16-18,21,24-25H,6-9,15H2,1-5H3,(H,31,36)(H,32,37)(H,33,35)/t21-,25+/m1/s1. The number of benzene rings is 1. The zero-order valence-corrected chi connectivity index (χ0v) is 23.3. The van der Waals surface area contributed by atoms with E-state index in [0.717, 1.165) is 31.2 Å². The molecule has 10 heteroatoms. The predicted octanol–water partition coefficient (Wildman–Crippen LogP) is 4.60. The molecule has 1 aliphatic heterocycles. The quantitative estimate of drug-likeness (QED) is 0.430. The number of fused-ring (bicyclic) bond motifs is 1. The normalized spacial score (nSPS) is 19.3. The van der Waals surface area contributed by atoms with E-state index in [4.69, 9.17) is 9.47 Å². The second-order valence-electron chi connectivity index (χ2n) is 12.2. The Morgan fingerprint density at radius 2 is 1.77 bits per heavy atom. The number of amides is 3. The van der Waals surface area contributed by atoms with Crippen LogP contribution < -0.4 is 20.7 Å². The number of hydrogen-bond acceptors (Lipinski definition) is 6. The molecule has 2 heterocycles. The highest BCUT2D eigenvalue weighted by Crippen LogP contribution is 2.51. The van der Waals surface area contributed by atoms with Crippen LogP contribution in [0.3, 0.4) is 0 Å². The summed E-state index contributed by atoms with van der Waals surface area (Å²) in [6.07, 6.45) is 5.45. The van der Waals surface area contributed by atoms with Gasteiger partial charge in [0.25, 0.3) is 5.91 Å². The number of carbonyl (C=O) groups is 3. The van der Waals surface area contributed by atoms with Crippen molar-refractivity contribution >= 4 is 23.6 Å². The number of aromatic nitrogens is 2. The van der Waals surface area contributed by atoms with Crippen LogP contribution in [0.1, 0.15) is 88.4 Å². The average molecular weight is 538 g/mol. The van der Waals surface area contributed by atoms with Crippen molar-refractivity contribution in [2.24, 2.45) is 17.8 Å². The molecule has 3 N–H and O–H groups in total. The van der Waals surface area contributed by atoms with Crippen LogP contribution in [0.5, 0.6) is 5.75 Å². The van der Waals surface area contributed by atoms with Gasteiger partial charge in [-0.25, -0.2) is 4.79 Å². The summed E-state index contributed by atoms with van der Waals surface area (Å²) in [4.78, 5) is 39.3. The molecule has 0 unspecified atom stereocenters. The minimum Gasteiger partial charge on any atom is -0.491 e. The maximum Gasteiger partial charge on any atom is 0.408 e. The SMILES string of the molecule is CC(C)n1nccc1C(=O)N[C@H](C(=O)Nc1ccc2c(c1)OC[C@H]2NC(=O)OC(C)(C)C)C(C1CC1)C1CC1. The number of carbonyl (C=O) groups excluding carboxylic acids is 3. The predicted molar refractivity (Wildman–Crippen MR) is 145 cm³/mol. The third-order valence-corrected chi connectivity index (χ3v) is 7.43. The topological polar surface area (TPSA) is 124 Å². The second-order valence-corrected chi connectivity index (χ2v) is 12.2. The molecule has 0 radical (unpaired) electrons. The summed E-state index contributed by atoms with van der Waals surface area (Å²) in [6.45, 7) is 9.65. The van der Waals surface area contributed by atoms with E-state index in [-0.39, 0.29) is 36.4 Å². The molecular weight excluding hydrogens is 498 g/mol. The maximum atomic E-state index is 13.7. The lowest BCUT2D eigenvalue weighted by Gasteiger charge is -2.28. The second kappa shape index (κ2) is 10.5. The van der Waals surface area contributed by atoms with Crippen LogP contribution >= 0.6 is 0 Å². The lowest BCUT2D eigenvalue weighted by Crippen LogP contribution is -2.50. The fourth-order valence-electron chi connectivity index (χ4n) is 5.43. The minimum absolute atomic E-state index is 0.0238. The molecule has 0 saturated heterocycles. The van der Waals surface area contributed by atoms with Crippen molar-refractivity contribution in [1.29, 1.82) is 0 Å². The van der Waals surface area contributed by atoms with Gasteiger partial charge in [-0.2, -0.15) is 5.10 Å². The number of hydrogen-bond donors (Lipinski definition) is 3. The summed E-state index contributed by atoms with van der Waals surface area (Å²) < 4.78 is 12.9. The molecule has 5 rings (SSSR count). The Labute approximate surface area is 229 Å². The fraction of sp³-hybridized carbons (Fsp3) is 0.586. The van der Waals surface area contributed by atoms with Gasteiger partial charge in [-0.15, -0.1) is 0 Å². The third-order valence-electron chi connectivity index (χ3n) is 7.43. The smallest absolute Gasteiger partial charge is 0.408 e. The molecule has 210 valence electrons. The van der Waals surface area contributed by atoms with E-state index >= 15 is 0 Å². The van der Waals surface area contributed by atoms with Gasteiger partial charge in [0, 0.05) is 29.6 Å². The van der Waals surface area contributed by atoms with Crippen LogP contribution in [0.25, 0.3) is 0 Å². The zero-order valence-electron chi connectivity index (χ0n) is 23.3. The first kappa shape index (κ1) is 27.0. The molecule has 10 nitrogen and oxygen atoms in total. The summed E-state index contributed by atoms with van der Waals surface area (Å²) >= 11 is 0. The molecule has 0 spiro atoms. The van der Waals surface area contributed by atoms with Gasteiger partial charge in [0.1, 0.15) is 29.7 Å². The Bertz CT molecular complexity index is 1230. The highest BCUT2D eigenvalue weighted by Gasteiger charge is 2.48. The minimum atomic E-state index is -0.649. The number of nitrogens with one attached hydrogen (secondary N) is 3. The third kappa shape index (κ3) is 6.37. The van der Waals surface area contributed by atoms with Crippen molar-refractivity contribution in [2.75, 3.05) is 11.9 Å². The lowest BCUT2D eigenvalue weighted by atomic mass is 9.88. The van der Waals surface area contributed by atoms with Crippen molar-refractivity contribution in [3.63, 3.8) is 0 Å². The van der Waals surface area contributed by atoms with Crippen molar-refractivity contribution < 1.29 is 23.9 Å². The van der Waals surface area contributed by atoms with Gasteiger partial charge in [-0.05, 0) is 90.2 Å². The molecule has 0 bridgehead atoms. The van der Waals surface area contributed by atoms with E-state index in [1.807, 2.05) is 40.7 Å². The summed E-state index contributed by atoms with van der Waals surface area (Å²) in [5, 5.41) is 13.2. The lowest BCUT2D eigenvalue weighted by molar-refractivity contribution is -0.119. The fourth-order valence-corrected chi connectivity index (χ4v) is 5.43. The van der Waals surface area contributed by atoms with Crippen LogP contribution in [0.4, 0.5) is 10.5 Å². The van der Waals surface area contributed by atoms with Crippen molar-refractivity contribution in [3.05, 3.63) is 41.7 Å². The van der Waals surface area contributed by atoms with Gasteiger partial charge in [0.15, 0.2) is 0 Å². The molecule has 2 aliphatic carbocycles. The Kier molecular flexibility index (Phi) is 7.31. The molecule has 2 fully saturated rings. The molecular formula is C29H39N5O5. The molecule has 3 amide bonds. The first-order chi connectivity index (χ1) is 18.5. The molecule has 2 aromatic rings. The highest BCUT2D eigenvalue weighted by molar-refractivity contribution is 6.01. The van der Waals surface area contributed by atoms with E-state index in [1.54, 1.807) is 29.1 Å². The van der Waals surface area contributed by atoms with Crippen LogP contribution in [0.15, 0.2) is 30.5 Å². The Balaban J connectivity index is 1.30. The first-order valence-electron chi connectivity index (χ1n) is 13.9. The van der Waals surface area contributed by atoms with Gasteiger partial charge in [-0.3, -0.25) is 14.3 Å². The summed E-state index contributed by atoms with van der Waals surface area (Å²) in [5.41, 5.74) is 1.25. The first-order valence-corrected chi connectivity index (χ1v) is 13.9. The Morgan fingerprint density at radius 1 is 1.08 bits per heavy atom.